The first-order valence-corrected chi connectivity index (χ1v) is 11.6. The van der Waals surface area contributed by atoms with Crippen LogP contribution in [0.5, 0.6) is 0 Å². The van der Waals surface area contributed by atoms with Gasteiger partial charge in [-0.05, 0) is 49.6 Å². The molecule has 1 saturated heterocycles. The molecule has 0 radical (unpaired) electrons. The Morgan fingerprint density at radius 1 is 1.06 bits per heavy atom. The lowest BCUT2D eigenvalue weighted by Crippen LogP contribution is -2.42. The van der Waals surface area contributed by atoms with Gasteiger partial charge in [-0.1, -0.05) is 29.8 Å². The van der Waals surface area contributed by atoms with Crippen molar-refractivity contribution < 1.29 is 18.7 Å². The third kappa shape index (κ3) is 4.59. The maximum absolute atomic E-state index is 13.2. The molecule has 1 unspecified atom stereocenters. The monoisotopic (exact) mass is 462 g/mol. The Labute approximate surface area is 197 Å². The maximum Gasteiger partial charge on any atom is 0.274 e. The van der Waals surface area contributed by atoms with Gasteiger partial charge in [0.25, 0.3) is 5.91 Å². The van der Waals surface area contributed by atoms with Crippen LogP contribution in [0.3, 0.4) is 0 Å². The van der Waals surface area contributed by atoms with Crippen molar-refractivity contribution in [3.8, 4) is 0 Å². The second kappa shape index (κ2) is 9.38. The number of imidazole rings is 1. The molecule has 1 fully saturated rings. The van der Waals surface area contributed by atoms with Gasteiger partial charge < -0.3 is 19.5 Å². The van der Waals surface area contributed by atoms with Crippen LogP contribution < -0.4 is 5.32 Å². The van der Waals surface area contributed by atoms with E-state index >= 15 is 0 Å². The minimum atomic E-state index is -0.285. The minimum Gasteiger partial charge on any atom is -0.365 e. The highest BCUT2D eigenvalue weighted by atomic mass is 19.1. The second-order valence-corrected chi connectivity index (χ2v) is 8.97. The average Bonchev–Trinajstić information content (AvgIpc) is 3.29. The van der Waals surface area contributed by atoms with E-state index in [1.807, 2.05) is 35.8 Å². The lowest BCUT2D eigenvalue weighted by molar-refractivity contribution is -0.121. The van der Waals surface area contributed by atoms with Crippen molar-refractivity contribution in [3.05, 3.63) is 83.2 Å². The van der Waals surface area contributed by atoms with Gasteiger partial charge in [-0.2, -0.15) is 0 Å². The van der Waals surface area contributed by atoms with E-state index in [1.54, 1.807) is 23.4 Å². The van der Waals surface area contributed by atoms with E-state index in [1.165, 1.54) is 12.1 Å². The molecule has 3 aromatic rings. The van der Waals surface area contributed by atoms with Gasteiger partial charge in [-0.25, -0.2) is 9.37 Å². The lowest BCUT2D eigenvalue weighted by atomic mass is 9.95. The number of carbonyl (C=O) groups is 2. The normalized spacial score (nSPS) is 18.4. The first kappa shape index (κ1) is 22.3. The molecule has 3 heterocycles. The molecule has 2 amide bonds. The van der Waals surface area contributed by atoms with E-state index in [2.05, 4.69) is 10.3 Å². The third-order valence-electron chi connectivity index (χ3n) is 6.65. The zero-order valence-electron chi connectivity index (χ0n) is 19.0. The summed E-state index contributed by atoms with van der Waals surface area (Å²) in [5, 5.41) is 2.98. The number of benzene rings is 2. The number of nitrogens with zero attached hydrogens (tertiary/aromatic N) is 3. The molecule has 5 rings (SSSR count). The number of ether oxygens (including phenoxy) is 1. The number of hydrogen-bond acceptors (Lipinski definition) is 4. The van der Waals surface area contributed by atoms with Crippen molar-refractivity contribution in [2.75, 3.05) is 18.4 Å². The zero-order valence-corrected chi connectivity index (χ0v) is 19.0. The SMILES string of the molecule is Cc1ccc(NC(=O)C2CCN(C(=O)c3ncn4c3COC(c3ccc(F)cc3)C4)CC2)cc1. The largest absolute Gasteiger partial charge is 0.365 e. The molecule has 0 aliphatic carbocycles. The Kier molecular flexibility index (Phi) is 6.15. The summed E-state index contributed by atoms with van der Waals surface area (Å²) in [6.45, 7) is 3.80. The molecule has 1 aromatic heterocycles. The van der Waals surface area contributed by atoms with Crippen molar-refractivity contribution in [3.63, 3.8) is 0 Å². The fraction of sp³-hybridized carbons (Fsp3) is 0.346. The fourth-order valence-corrected chi connectivity index (χ4v) is 4.56. The summed E-state index contributed by atoms with van der Waals surface area (Å²) in [7, 11) is 0. The van der Waals surface area contributed by atoms with Crippen molar-refractivity contribution in [1.82, 2.24) is 14.5 Å². The van der Waals surface area contributed by atoms with Crippen LogP contribution in [0.2, 0.25) is 0 Å². The molecular weight excluding hydrogens is 435 g/mol. The summed E-state index contributed by atoms with van der Waals surface area (Å²) in [5.41, 5.74) is 3.97. The molecule has 0 spiro atoms. The van der Waals surface area contributed by atoms with Gasteiger partial charge in [-0.15, -0.1) is 0 Å². The van der Waals surface area contributed by atoms with Crippen LogP contribution in [0.4, 0.5) is 10.1 Å². The van der Waals surface area contributed by atoms with E-state index in [-0.39, 0.29) is 36.3 Å². The van der Waals surface area contributed by atoms with Crippen LogP contribution in [-0.4, -0.2) is 39.4 Å². The summed E-state index contributed by atoms with van der Waals surface area (Å²) in [5.74, 6) is -0.543. The molecule has 1 N–H and O–H groups in total. The van der Waals surface area contributed by atoms with Crippen molar-refractivity contribution >= 4 is 17.5 Å². The van der Waals surface area contributed by atoms with Crippen molar-refractivity contribution in [2.45, 2.75) is 39.0 Å². The van der Waals surface area contributed by atoms with E-state index in [0.717, 1.165) is 22.5 Å². The van der Waals surface area contributed by atoms with E-state index in [9.17, 15) is 14.0 Å². The number of nitrogens with one attached hydrogen (secondary N) is 1. The first-order chi connectivity index (χ1) is 16.5. The molecule has 7 nitrogen and oxygen atoms in total. The standard InChI is InChI=1S/C26H27FN4O3/c1-17-2-8-21(9-3-17)29-25(32)19-10-12-30(13-11-19)26(33)24-22-15-34-23(14-31(22)16-28-24)18-4-6-20(27)7-5-18/h2-9,16,19,23H,10-15H2,1H3,(H,29,32). The van der Waals surface area contributed by atoms with E-state index in [0.29, 0.717) is 38.2 Å². The smallest absolute Gasteiger partial charge is 0.274 e. The number of aromatic nitrogens is 2. The lowest BCUT2D eigenvalue weighted by Gasteiger charge is -2.31. The molecule has 34 heavy (non-hydrogen) atoms. The van der Waals surface area contributed by atoms with Gasteiger partial charge in [0.05, 0.1) is 25.2 Å². The van der Waals surface area contributed by atoms with Crippen molar-refractivity contribution in [1.29, 1.82) is 0 Å². The molecule has 2 aliphatic heterocycles. The first-order valence-electron chi connectivity index (χ1n) is 11.6. The van der Waals surface area contributed by atoms with Crippen LogP contribution in [0.1, 0.15) is 46.3 Å². The molecule has 0 bridgehead atoms. The predicted molar refractivity (Wildman–Crippen MR) is 125 cm³/mol. The number of piperidine rings is 1. The van der Waals surface area contributed by atoms with E-state index < -0.39 is 0 Å². The zero-order chi connectivity index (χ0) is 23.7. The molecule has 2 aliphatic rings. The van der Waals surface area contributed by atoms with Gasteiger partial charge in [0.1, 0.15) is 11.9 Å². The summed E-state index contributed by atoms with van der Waals surface area (Å²) in [6.07, 6.45) is 2.68. The Hall–Kier alpha value is -3.52. The van der Waals surface area contributed by atoms with Gasteiger partial charge in [0, 0.05) is 24.7 Å². The number of amides is 2. The highest BCUT2D eigenvalue weighted by Crippen LogP contribution is 2.29. The molecule has 8 heteroatoms. The number of carbonyl (C=O) groups excluding carboxylic acids is 2. The molecule has 2 aromatic carbocycles. The number of aryl methyl sites for hydroxylation is 1. The Morgan fingerprint density at radius 3 is 2.47 bits per heavy atom. The number of rotatable bonds is 4. The van der Waals surface area contributed by atoms with Gasteiger partial charge in [-0.3, -0.25) is 9.59 Å². The number of fused-ring (bicyclic) bond motifs is 1. The quantitative estimate of drug-likeness (QED) is 0.634. The molecule has 176 valence electrons. The van der Waals surface area contributed by atoms with Gasteiger partial charge in [0.2, 0.25) is 5.91 Å². The summed E-state index contributed by atoms with van der Waals surface area (Å²) < 4.78 is 21.1. The Bertz CT molecular complexity index is 1180. The van der Waals surface area contributed by atoms with Crippen LogP contribution in [0, 0.1) is 18.7 Å². The second-order valence-electron chi connectivity index (χ2n) is 8.97. The number of anilines is 1. The van der Waals surface area contributed by atoms with Gasteiger partial charge >= 0.3 is 0 Å². The fourth-order valence-electron chi connectivity index (χ4n) is 4.56. The molecular formula is C26H27FN4O3. The summed E-state index contributed by atoms with van der Waals surface area (Å²) in [4.78, 5) is 32.0. The van der Waals surface area contributed by atoms with Crippen LogP contribution in [0.15, 0.2) is 54.9 Å². The minimum absolute atomic E-state index is 0.00411. The van der Waals surface area contributed by atoms with Crippen LogP contribution >= 0.6 is 0 Å². The topological polar surface area (TPSA) is 76.5 Å². The number of halogens is 1. The average molecular weight is 463 g/mol. The highest BCUT2D eigenvalue weighted by molar-refractivity contribution is 5.95. The predicted octanol–water partition coefficient (Wildman–Crippen LogP) is 4.09. The number of likely N-dealkylation sites (tertiary alicyclic amines) is 1. The van der Waals surface area contributed by atoms with Crippen LogP contribution in [-0.2, 0) is 22.7 Å². The van der Waals surface area contributed by atoms with Crippen molar-refractivity contribution in [2.24, 2.45) is 5.92 Å². The highest BCUT2D eigenvalue weighted by Gasteiger charge is 2.32. The third-order valence-corrected chi connectivity index (χ3v) is 6.65. The summed E-state index contributed by atoms with van der Waals surface area (Å²) in [6, 6.07) is 14.0. The van der Waals surface area contributed by atoms with Gasteiger partial charge in [0.15, 0.2) is 5.69 Å². The Morgan fingerprint density at radius 2 is 1.76 bits per heavy atom. The van der Waals surface area contributed by atoms with Crippen LogP contribution in [0.25, 0.3) is 0 Å². The number of hydrogen-bond donors (Lipinski definition) is 1. The van der Waals surface area contributed by atoms with E-state index in [4.69, 9.17) is 4.74 Å². The Balaban J connectivity index is 1.18. The molecule has 1 atom stereocenters. The molecule has 0 saturated carbocycles. The summed E-state index contributed by atoms with van der Waals surface area (Å²) >= 11 is 0. The maximum atomic E-state index is 13.2.